The molecule has 0 fully saturated rings. The Balaban J connectivity index is 0.00000289. The second-order valence-electron chi connectivity index (χ2n) is 3.62. The maximum atomic E-state index is 11.7. The quantitative estimate of drug-likeness (QED) is 0.707. The minimum absolute atomic E-state index is 0. The normalized spacial score (nSPS) is 9.89. The van der Waals surface area contributed by atoms with Gasteiger partial charge >= 0.3 is 0 Å². The van der Waals surface area contributed by atoms with E-state index < -0.39 is 0 Å². The minimum Gasteiger partial charge on any atom is -0.385 e. The number of thiazole rings is 1. The van der Waals surface area contributed by atoms with Crippen LogP contribution in [-0.4, -0.2) is 37.7 Å². The van der Waals surface area contributed by atoms with Gasteiger partial charge in [0.25, 0.3) is 5.91 Å². The van der Waals surface area contributed by atoms with Crippen LogP contribution in [0.1, 0.15) is 28.3 Å². The van der Waals surface area contributed by atoms with Crippen LogP contribution in [0.5, 0.6) is 0 Å². The Labute approximate surface area is 118 Å². The molecule has 0 saturated carbocycles. The molecule has 18 heavy (non-hydrogen) atoms. The van der Waals surface area contributed by atoms with Crippen LogP contribution in [0, 0.1) is 0 Å². The fourth-order valence-electron chi connectivity index (χ4n) is 1.32. The fourth-order valence-corrected chi connectivity index (χ4v) is 2.11. The summed E-state index contributed by atoms with van der Waals surface area (Å²) in [5, 5.41) is 5.52. The number of rotatable bonds is 8. The molecule has 1 rings (SSSR count). The predicted octanol–water partition coefficient (Wildman–Crippen LogP) is 1.22. The van der Waals surface area contributed by atoms with E-state index in [1.807, 2.05) is 0 Å². The molecule has 1 heterocycles. The van der Waals surface area contributed by atoms with Crippen LogP contribution in [0.4, 0.5) is 0 Å². The van der Waals surface area contributed by atoms with Crippen molar-refractivity contribution in [3.8, 4) is 0 Å². The minimum atomic E-state index is -0.109. The lowest BCUT2D eigenvalue weighted by Gasteiger charge is -2.02. The van der Waals surface area contributed by atoms with Gasteiger partial charge in [0.15, 0.2) is 0 Å². The Hall–Kier alpha value is -0.690. The number of amides is 1. The molecule has 0 atom stereocenters. The summed E-state index contributed by atoms with van der Waals surface area (Å²) in [6.07, 6.45) is 2.59. The second kappa shape index (κ2) is 10.3. The summed E-state index contributed by atoms with van der Waals surface area (Å²) in [4.78, 5) is 15.9. The molecule has 0 radical (unpaired) electrons. The van der Waals surface area contributed by atoms with Gasteiger partial charge in [-0.25, -0.2) is 4.98 Å². The smallest absolute Gasteiger partial charge is 0.270 e. The Morgan fingerprint density at radius 3 is 3.00 bits per heavy atom. The Bertz CT molecular complexity index is 347. The monoisotopic (exact) mass is 293 g/mol. The van der Waals surface area contributed by atoms with Crippen LogP contribution < -0.4 is 11.1 Å². The van der Waals surface area contributed by atoms with E-state index in [1.54, 1.807) is 12.5 Å². The van der Waals surface area contributed by atoms with E-state index in [2.05, 4.69) is 10.3 Å². The third kappa shape index (κ3) is 6.30. The van der Waals surface area contributed by atoms with Crippen LogP contribution in [0.15, 0.2) is 5.38 Å². The first kappa shape index (κ1) is 17.3. The molecule has 0 unspecified atom stereocenters. The molecule has 0 bridgehead atoms. The number of ether oxygens (including phenoxy) is 1. The van der Waals surface area contributed by atoms with Gasteiger partial charge in [0.05, 0.1) is 5.01 Å². The molecule has 5 nitrogen and oxygen atoms in total. The highest BCUT2D eigenvalue weighted by molar-refractivity contribution is 7.09. The molecule has 7 heteroatoms. The standard InChI is InChI=1S/C11H19N3O2S.ClH/c1-16-7-3-2-6-13-11(15)9-8-17-10(14-9)4-5-12;/h8H,2-7,12H2,1H3,(H,13,15);1H. The molecule has 0 saturated heterocycles. The van der Waals surface area contributed by atoms with E-state index in [0.29, 0.717) is 18.8 Å². The van der Waals surface area contributed by atoms with Gasteiger partial charge in [0, 0.05) is 32.1 Å². The van der Waals surface area contributed by atoms with Crippen molar-refractivity contribution in [3.05, 3.63) is 16.1 Å². The largest absolute Gasteiger partial charge is 0.385 e. The highest BCUT2D eigenvalue weighted by Gasteiger charge is 2.09. The van der Waals surface area contributed by atoms with Crippen molar-refractivity contribution >= 4 is 29.7 Å². The molecule has 0 aliphatic heterocycles. The zero-order valence-corrected chi connectivity index (χ0v) is 12.1. The molecular weight excluding hydrogens is 274 g/mol. The maximum Gasteiger partial charge on any atom is 0.270 e. The summed E-state index contributed by atoms with van der Waals surface area (Å²) >= 11 is 1.48. The van der Waals surface area contributed by atoms with Gasteiger partial charge < -0.3 is 15.8 Å². The van der Waals surface area contributed by atoms with E-state index in [0.717, 1.165) is 30.9 Å². The number of aromatic nitrogens is 1. The lowest BCUT2D eigenvalue weighted by Crippen LogP contribution is -2.25. The first-order chi connectivity index (χ1) is 8.27. The number of unbranched alkanes of at least 4 members (excludes halogenated alkanes) is 1. The van der Waals surface area contributed by atoms with E-state index >= 15 is 0 Å². The summed E-state index contributed by atoms with van der Waals surface area (Å²) in [6.45, 7) is 1.95. The molecule has 104 valence electrons. The first-order valence-electron chi connectivity index (χ1n) is 5.69. The molecule has 0 aliphatic rings. The molecule has 1 aromatic rings. The molecule has 1 amide bonds. The number of carbonyl (C=O) groups excluding carboxylic acids is 1. The maximum absolute atomic E-state index is 11.7. The van der Waals surface area contributed by atoms with Crippen molar-refractivity contribution < 1.29 is 9.53 Å². The number of methoxy groups -OCH3 is 1. The van der Waals surface area contributed by atoms with Crippen LogP contribution in [0.25, 0.3) is 0 Å². The number of nitrogens with zero attached hydrogens (tertiary/aromatic N) is 1. The molecule has 0 aromatic carbocycles. The second-order valence-corrected chi connectivity index (χ2v) is 4.56. The summed E-state index contributed by atoms with van der Waals surface area (Å²) in [7, 11) is 1.67. The third-order valence-electron chi connectivity index (χ3n) is 2.20. The van der Waals surface area contributed by atoms with Crippen molar-refractivity contribution in [2.75, 3.05) is 26.8 Å². The highest BCUT2D eigenvalue weighted by atomic mass is 35.5. The van der Waals surface area contributed by atoms with Gasteiger partial charge in [-0.05, 0) is 19.4 Å². The highest BCUT2D eigenvalue weighted by Crippen LogP contribution is 2.09. The number of hydrogen-bond donors (Lipinski definition) is 2. The van der Waals surface area contributed by atoms with E-state index in [4.69, 9.17) is 10.5 Å². The number of nitrogens with two attached hydrogens (primary N) is 1. The van der Waals surface area contributed by atoms with E-state index in [9.17, 15) is 4.79 Å². The van der Waals surface area contributed by atoms with Gasteiger partial charge in [-0.2, -0.15) is 0 Å². The van der Waals surface area contributed by atoms with Crippen LogP contribution in [0.3, 0.4) is 0 Å². The first-order valence-corrected chi connectivity index (χ1v) is 6.57. The average molecular weight is 294 g/mol. The molecule has 1 aromatic heterocycles. The zero-order valence-electron chi connectivity index (χ0n) is 10.5. The number of nitrogens with one attached hydrogen (secondary N) is 1. The molecular formula is C11H20ClN3O2S. The summed E-state index contributed by atoms with van der Waals surface area (Å²) in [5.74, 6) is -0.109. The lowest BCUT2D eigenvalue weighted by atomic mass is 10.3. The van der Waals surface area contributed by atoms with Crippen molar-refractivity contribution in [2.45, 2.75) is 19.3 Å². The predicted molar refractivity (Wildman–Crippen MR) is 75.6 cm³/mol. The summed E-state index contributed by atoms with van der Waals surface area (Å²) < 4.78 is 4.93. The van der Waals surface area contributed by atoms with E-state index in [-0.39, 0.29) is 18.3 Å². The third-order valence-corrected chi connectivity index (χ3v) is 3.11. The number of carbonyl (C=O) groups is 1. The average Bonchev–Trinajstić information content (AvgIpc) is 2.78. The van der Waals surface area contributed by atoms with Crippen molar-refractivity contribution in [1.82, 2.24) is 10.3 Å². The zero-order chi connectivity index (χ0) is 12.5. The van der Waals surface area contributed by atoms with Crippen molar-refractivity contribution in [3.63, 3.8) is 0 Å². The number of hydrogen-bond acceptors (Lipinski definition) is 5. The van der Waals surface area contributed by atoms with Gasteiger partial charge in [0.2, 0.25) is 0 Å². The molecule has 0 aliphatic carbocycles. The molecule has 0 spiro atoms. The van der Waals surface area contributed by atoms with E-state index in [1.165, 1.54) is 11.3 Å². The Morgan fingerprint density at radius 1 is 1.56 bits per heavy atom. The summed E-state index contributed by atoms with van der Waals surface area (Å²) in [5.41, 5.74) is 5.92. The van der Waals surface area contributed by atoms with Crippen LogP contribution in [-0.2, 0) is 11.2 Å². The van der Waals surface area contributed by atoms with Crippen LogP contribution >= 0.6 is 23.7 Å². The number of halogens is 1. The summed E-state index contributed by atoms with van der Waals surface area (Å²) in [6, 6.07) is 0. The molecule has 3 N–H and O–H groups in total. The van der Waals surface area contributed by atoms with Gasteiger partial charge in [0.1, 0.15) is 5.69 Å². The van der Waals surface area contributed by atoms with Gasteiger partial charge in [-0.1, -0.05) is 0 Å². The van der Waals surface area contributed by atoms with Gasteiger partial charge in [-0.3, -0.25) is 4.79 Å². The van der Waals surface area contributed by atoms with Crippen molar-refractivity contribution in [2.24, 2.45) is 5.73 Å². The SMILES string of the molecule is COCCCCNC(=O)c1csc(CCN)n1.Cl. The topological polar surface area (TPSA) is 77.2 Å². The van der Waals surface area contributed by atoms with Gasteiger partial charge in [-0.15, -0.1) is 23.7 Å². The Morgan fingerprint density at radius 2 is 2.33 bits per heavy atom. The Kier molecular flexibility index (Phi) is 9.86. The lowest BCUT2D eigenvalue weighted by molar-refractivity contribution is 0.0947. The van der Waals surface area contributed by atoms with Crippen LogP contribution in [0.2, 0.25) is 0 Å². The van der Waals surface area contributed by atoms with Crippen molar-refractivity contribution in [1.29, 1.82) is 0 Å². The fraction of sp³-hybridized carbons (Fsp3) is 0.636.